The standard InChI is InChI=1S/C18H20ClN3O2/c1-21(2)18(23)15-4-3-9-20-17(15)22-10-11-24-16(12-22)13-5-7-14(19)8-6-13/h3-9,16H,10-12H2,1-2H3/t16-/m0/s1. The molecule has 2 heterocycles. The average Bonchev–Trinajstić information content (AvgIpc) is 2.62. The fourth-order valence-corrected chi connectivity index (χ4v) is 2.90. The number of carbonyl (C=O) groups excluding carboxylic acids is 1. The smallest absolute Gasteiger partial charge is 0.257 e. The zero-order valence-electron chi connectivity index (χ0n) is 13.8. The van der Waals surface area contributed by atoms with E-state index in [-0.39, 0.29) is 12.0 Å². The number of ether oxygens (including phenoxy) is 1. The van der Waals surface area contributed by atoms with Gasteiger partial charge in [0.25, 0.3) is 5.91 Å². The van der Waals surface area contributed by atoms with Crippen LogP contribution < -0.4 is 4.90 Å². The number of benzene rings is 1. The molecule has 5 nitrogen and oxygen atoms in total. The molecule has 0 unspecified atom stereocenters. The van der Waals surface area contributed by atoms with Gasteiger partial charge >= 0.3 is 0 Å². The second kappa shape index (κ2) is 7.20. The summed E-state index contributed by atoms with van der Waals surface area (Å²) in [4.78, 5) is 20.5. The van der Waals surface area contributed by atoms with E-state index in [0.29, 0.717) is 36.1 Å². The predicted octanol–water partition coefficient (Wildman–Crippen LogP) is 3.01. The number of rotatable bonds is 3. The maximum Gasteiger partial charge on any atom is 0.257 e. The third-order valence-electron chi connectivity index (χ3n) is 4.03. The van der Waals surface area contributed by atoms with Crippen molar-refractivity contribution in [3.8, 4) is 0 Å². The van der Waals surface area contributed by atoms with Gasteiger partial charge in [-0.05, 0) is 29.8 Å². The van der Waals surface area contributed by atoms with Gasteiger partial charge in [0.2, 0.25) is 0 Å². The first-order valence-corrected chi connectivity index (χ1v) is 8.22. The summed E-state index contributed by atoms with van der Waals surface area (Å²) < 4.78 is 5.90. The first-order chi connectivity index (χ1) is 11.6. The Morgan fingerprint density at radius 2 is 2.04 bits per heavy atom. The second-order valence-corrected chi connectivity index (χ2v) is 6.37. The van der Waals surface area contributed by atoms with Gasteiger partial charge in [0.15, 0.2) is 0 Å². The molecule has 1 aliphatic rings. The summed E-state index contributed by atoms with van der Waals surface area (Å²) in [5.41, 5.74) is 1.68. The molecule has 1 aromatic carbocycles. The number of nitrogens with zero attached hydrogens (tertiary/aromatic N) is 3. The minimum atomic E-state index is -0.0691. The van der Waals surface area contributed by atoms with Gasteiger partial charge in [0, 0.05) is 38.4 Å². The Bertz CT molecular complexity index is 718. The molecule has 0 saturated carbocycles. The fourth-order valence-electron chi connectivity index (χ4n) is 2.78. The Hall–Kier alpha value is -2.11. The minimum Gasteiger partial charge on any atom is -0.370 e. The monoisotopic (exact) mass is 345 g/mol. The van der Waals surface area contributed by atoms with E-state index in [2.05, 4.69) is 9.88 Å². The van der Waals surface area contributed by atoms with Crippen molar-refractivity contribution in [1.82, 2.24) is 9.88 Å². The molecule has 6 heteroatoms. The van der Waals surface area contributed by atoms with Crippen LogP contribution in [-0.2, 0) is 4.74 Å². The molecule has 126 valence electrons. The van der Waals surface area contributed by atoms with E-state index in [1.54, 1.807) is 31.3 Å². The van der Waals surface area contributed by atoms with E-state index in [9.17, 15) is 4.79 Å². The molecule has 1 saturated heterocycles. The van der Waals surface area contributed by atoms with E-state index in [4.69, 9.17) is 16.3 Å². The number of anilines is 1. The largest absolute Gasteiger partial charge is 0.370 e. The number of amides is 1. The molecule has 0 spiro atoms. The average molecular weight is 346 g/mol. The molecule has 1 aliphatic heterocycles. The Morgan fingerprint density at radius 1 is 1.29 bits per heavy atom. The van der Waals surface area contributed by atoms with Crippen molar-refractivity contribution in [2.75, 3.05) is 38.7 Å². The summed E-state index contributed by atoms with van der Waals surface area (Å²) >= 11 is 5.96. The van der Waals surface area contributed by atoms with Crippen LogP contribution in [0.15, 0.2) is 42.6 Å². The number of pyridine rings is 1. The van der Waals surface area contributed by atoms with E-state index in [1.807, 2.05) is 30.3 Å². The van der Waals surface area contributed by atoms with Crippen molar-refractivity contribution in [3.05, 3.63) is 58.7 Å². The molecule has 1 amide bonds. The van der Waals surface area contributed by atoms with Crippen LogP contribution in [0.4, 0.5) is 5.82 Å². The lowest BCUT2D eigenvalue weighted by molar-refractivity contribution is 0.0394. The predicted molar refractivity (Wildman–Crippen MR) is 94.6 cm³/mol. The van der Waals surface area contributed by atoms with E-state index >= 15 is 0 Å². The number of aromatic nitrogens is 1. The Labute approximate surface area is 146 Å². The summed E-state index contributed by atoms with van der Waals surface area (Å²) in [6, 6.07) is 11.3. The van der Waals surface area contributed by atoms with Crippen LogP contribution in [0.5, 0.6) is 0 Å². The van der Waals surface area contributed by atoms with Crippen LogP contribution in [-0.4, -0.2) is 49.6 Å². The summed E-state index contributed by atoms with van der Waals surface area (Å²) in [6.07, 6.45) is 1.65. The highest BCUT2D eigenvalue weighted by Gasteiger charge is 2.26. The zero-order chi connectivity index (χ0) is 17.1. The lowest BCUT2D eigenvalue weighted by Gasteiger charge is -2.35. The third-order valence-corrected chi connectivity index (χ3v) is 4.28. The first kappa shape index (κ1) is 16.7. The van der Waals surface area contributed by atoms with Crippen molar-refractivity contribution in [2.24, 2.45) is 0 Å². The van der Waals surface area contributed by atoms with Crippen LogP contribution >= 0.6 is 11.6 Å². The van der Waals surface area contributed by atoms with Crippen LogP contribution in [0, 0.1) is 0 Å². The number of morpholine rings is 1. The lowest BCUT2D eigenvalue weighted by Crippen LogP contribution is -2.40. The summed E-state index contributed by atoms with van der Waals surface area (Å²) in [6.45, 7) is 1.93. The van der Waals surface area contributed by atoms with Crippen LogP contribution in [0.25, 0.3) is 0 Å². The van der Waals surface area contributed by atoms with Gasteiger partial charge in [-0.25, -0.2) is 4.98 Å². The molecular weight excluding hydrogens is 326 g/mol. The topological polar surface area (TPSA) is 45.7 Å². The fraction of sp³-hybridized carbons (Fsp3) is 0.333. The van der Waals surface area contributed by atoms with E-state index < -0.39 is 0 Å². The number of halogens is 1. The molecule has 2 aromatic rings. The van der Waals surface area contributed by atoms with E-state index in [0.717, 1.165) is 5.56 Å². The molecule has 3 rings (SSSR count). The van der Waals surface area contributed by atoms with Gasteiger partial charge in [0.05, 0.1) is 12.2 Å². The second-order valence-electron chi connectivity index (χ2n) is 5.93. The molecule has 1 atom stereocenters. The van der Waals surface area contributed by atoms with Crippen molar-refractivity contribution < 1.29 is 9.53 Å². The van der Waals surface area contributed by atoms with Crippen molar-refractivity contribution >= 4 is 23.3 Å². The first-order valence-electron chi connectivity index (χ1n) is 7.85. The highest BCUT2D eigenvalue weighted by atomic mass is 35.5. The minimum absolute atomic E-state index is 0.0485. The van der Waals surface area contributed by atoms with Gasteiger partial charge in [-0.1, -0.05) is 23.7 Å². The van der Waals surface area contributed by atoms with Gasteiger partial charge in [-0.15, -0.1) is 0 Å². The maximum absolute atomic E-state index is 12.4. The maximum atomic E-state index is 12.4. The molecule has 0 aliphatic carbocycles. The summed E-state index contributed by atoms with van der Waals surface area (Å²) in [5, 5.41) is 0.704. The van der Waals surface area contributed by atoms with Crippen LogP contribution in [0.2, 0.25) is 5.02 Å². The number of hydrogen-bond acceptors (Lipinski definition) is 4. The number of carbonyl (C=O) groups is 1. The van der Waals surface area contributed by atoms with Gasteiger partial charge in [-0.3, -0.25) is 4.79 Å². The molecule has 0 N–H and O–H groups in total. The summed E-state index contributed by atoms with van der Waals surface area (Å²) in [5.74, 6) is 0.658. The van der Waals surface area contributed by atoms with Crippen molar-refractivity contribution in [2.45, 2.75) is 6.10 Å². The lowest BCUT2D eigenvalue weighted by atomic mass is 10.1. The highest BCUT2D eigenvalue weighted by molar-refractivity contribution is 6.30. The Balaban J connectivity index is 1.85. The van der Waals surface area contributed by atoms with Gasteiger partial charge in [-0.2, -0.15) is 0 Å². The SMILES string of the molecule is CN(C)C(=O)c1cccnc1N1CCO[C@H](c2ccc(Cl)cc2)C1. The normalized spacial score (nSPS) is 17.6. The quantitative estimate of drug-likeness (QED) is 0.858. The molecule has 0 bridgehead atoms. The third kappa shape index (κ3) is 3.52. The molecule has 0 radical (unpaired) electrons. The molecule has 24 heavy (non-hydrogen) atoms. The van der Waals surface area contributed by atoms with Crippen molar-refractivity contribution in [3.63, 3.8) is 0 Å². The zero-order valence-corrected chi connectivity index (χ0v) is 14.5. The summed E-state index contributed by atoms with van der Waals surface area (Å²) in [7, 11) is 3.49. The molecule has 1 fully saturated rings. The van der Waals surface area contributed by atoms with Crippen molar-refractivity contribution in [1.29, 1.82) is 0 Å². The number of hydrogen-bond donors (Lipinski definition) is 0. The van der Waals surface area contributed by atoms with Crippen LogP contribution in [0.3, 0.4) is 0 Å². The Kier molecular flexibility index (Phi) is 5.02. The highest BCUT2D eigenvalue weighted by Crippen LogP contribution is 2.28. The van der Waals surface area contributed by atoms with Gasteiger partial charge < -0.3 is 14.5 Å². The molecular formula is C18H20ClN3O2. The molecule has 1 aromatic heterocycles. The van der Waals surface area contributed by atoms with Crippen LogP contribution in [0.1, 0.15) is 22.0 Å². The van der Waals surface area contributed by atoms with E-state index in [1.165, 1.54) is 0 Å². The Morgan fingerprint density at radius 3 is 2.75 bits per heavy atom. The van der Waals surface area contributed by atoms with Gasteiger partial charge in [0.1, 0.15) is 11.9 Å².